The van der Waals surface area contributed by atoms with E-state index in [4.69, 9.17) is 15.3 Å². The molecule has 1 radical (unpaired) electrons. The molecule has 0 aromatic rings. The van der Waals surface area contributed by atoms with Crippen molar-refractivity contribution in [3.05, 3.63) is 15.3 Å². The summed E-state index contributed by atoms with van der Waals surface area (Å²) in [6.45, 7) is 0. The van der Waals surface area contributed by atoms with Gasteiger partial charge in [-0.3, -0.25) is 0 Å². The summed E-state index contributed by atoms with van der Waals surface area (Å²) < 4.78 is 0. The van der Waals surface area contributed by atoms with E-state index in [1.54, 1.807) is 0 Å². The zero-order valence-electron chi connectivity index (χ0n) is 2.55. The van der Waals surface area contributed by atoms with Crippen LogP contribution in [0.4, 0.5) is 0 Å². The first kappa shape index (κ1) is 17.3. The van der Waals surface area contributed by atoms with Gasteiger partial charge in [0.15, 0.2) is 0 Å². The van der Waals surface area contributed by atoms with Crippen LogP contribution in [0.3, 0.4) is 0 Å². The molecule has 0 aliphatic heterocycles. The maximum atomic E-state index is 8.25. The van der Waals surface area contributed by atoms with Crippen LogP contribution < -0.4 is 0 Å². The summed E-state index contributed by atoms with van der Waals surface area (Å²) in [5.74, 6) is 0. The van der Waals surface area contributed by atoms with E-state index in [1.165, 1.54) is 0 Å². The zero-order valence-corrected chi connectivity index (χ0v) is 3.73. The van der Waals surface area contributed by atoms with Gasteiger partial charge in [-0.15, -0.1) is 0 Å². The van der Waals surface area contributed by atoms with Crippen molar-refractivity contribution >= 4 is 0 Å². The van der Waals surface area contributed by atoms with Crippen molar-refractivity contribution in [3.8, 4) is 0 Å². The van der Waals surface area contributed by atoms with Crippen molar-refractivity contribution < 1.29 is 27.6 Å². The molecule has 0 saturated heterocycles. The molecule has 0 aliphatic rings. The van der Waals surface area contributed by atoms with Crippen LogP contribution >= 0.6 is 0 Å². The van der Waals surface area contributed by atoms with E-state index in [9.17, 15) is 0 Å². The second kappa shape index (κ2) is 8.82. The van der Waals surface area contributed by atoms with Gasteiger partial charge in [-0.25, -0.2) is 0 Å². The Morgan fingerprint density at radius 3 is 1.33 bits per heavy atom. The van der Waals surface area contributed by atoms with Crippen molar-refractivity contribution in [1.29, 1.82) is 0 Å². The molecule has 37 valence electrons. The van der Waals surface area contributed by atoms with E-state index in [2.05, 4.69) is 0 Å². The average Bonchev–Trinajstić information content (AvgIpc) is 0.811. The standard InChI is InChI=1S/Mn.NO3.H2O/c;2-1(3)4;/h;;1H2/q+2;-1;. The molecule has 0 atom stereocenters. The molecular formula is H2MnNO4+. The van der Waals surface area contributed by atoms with E-state index >= 15 is 0 Å². The molecule has 0 rings (SSSR count). The predicted octanol–water partition coefficient (Wildman–Crippen LogP) is -1.07. The van der Waals surface area contributed by atoms with Crippen molar-refractivity contribution in [2.24, 2.45) is 0 Å². The van der Waals surface area contributed by atoms with Crippen LogP contribution in [0, 0.1) is 15.3 Å². The van der Waals surface area contributed by atoms with Crippen molar-refractivity contribution in [1.82, 2.24) is 0 Å². The summed E-state index contributed by atoms with van der Waals surface area (Å²) in [7, 11) is 0. The fourth-order valence-electron chi connectivity index (χ4n) is 0. The minimum absolute atomic E-state index is 0. The van der Waals surface area contributed by atoms with E-state index in [0.717, 1.165) is 0 Å². The number of hydrogen-bond donors (Lipinski definition) is 0. The van der Waals surface area contributed by atoms with Crippen LogP contribution in [0.1, 0.15) is 0 Å². The average molecular weight is 135 g/mol. The molecule has 0 saturated carbocycles. The second-order valence-corrected chi connectivity index (χ2v) is 0.224. The quantitative estimate of drug-likeness (QED) is 0.240. The third-order valence-electron chi connectivity index (χ3n) is 0. The van der Waals surface area contributed by atoms with Crippen LogP contribution in [-0.4, -0.2) is 10.6 Å². The Balaban J connectivity index is -0.0000000450. The van der Waals surface area contributed by atoms with Gasteiger partial charge in [0.25, 0.3) is 0 Å². The summed E-state index contributed by atoms with van der Waals surface area (Å²) in [6.07, 6.45) is 0. The maximum absolute atomic E-state index is 8.25. The smallest absolute Gasteiger partial charge is 0.412 e. The topological polar surface area (TPSA) is 97.7 Å². The Morgan fingerprint density at radius 2 is 1.33 bits per heavy atom. The molecular weight excluding hydrogens is 133 g/mol. The Morgan fingerprint density at radius 1 is 1.33 bits per heavy atom. The molecule has 6 heavy (non-hydrogen) atoms. The van der Waals surface area contributed by atoms with E-state index in [-0.39, 0.29) is 22.5 Å². The molecule has 0 fully saturated rings. The summed E-state index contributed by atoms with van der Waals surface area (Å²) in [5.41, 5.74) is 0. The van der Waals surface area contributed by atoms with E-state index in [1.807, 2.05) is 0 Å². The minimum Gasteiger partial charge on any atom is -0.412 e. The maximum Gasteiger partial charge on any atom is 2.00 e. The van der Waals surface area contributed by atoms with Crippen LogP contribution in [0.25, 0.3) is 0 Å². The molecule has 0 bridgehead atoms. The fraction of sp³-hybridized carbons (Fsp3) is 0. The normalized spacial score (nSPS) is 4.00. The van der Waals surface area contributed by atoms with Gasteiger partial charge in [0.2, 0.25) is 0 Å². The Kier molecular flexibility index (Phi) is 25.5. The zero-order chi connectivity index (χ0) is 3.58. The first-order valence-electron chi connectivity index (χ1n) is 0.548. The molecule has 6 heteroatoms. The first-order valence-corrected chi connectivity index (χ1v) is 0.548. The van der Waals surface area contributed by atoms with Crippen LogP contribution in [0.2, 0.25) is 0 Å². The largest absolute Gasteiger partial charge is 2.00 e. The van der Waals surface area contributed by atoms with Crippen molar-refractivity contribution in [2.75, 3.05) is 0 Å². The minimum atomic E-state index is -1.75. The fourth-order valence-corrected chi connectivity index (χ4v) is 0. The summed E-state index contributed by atoms with van der Waals surface area (Å²) in [6, 6.07) is 0. The number of nitrogens with zero attached hydrogens (tertiary/aromatic N) is 1. The monoisotopic (exact) mass is 135 g/mol. The Bertz CT molecular complexity index is 30.5. The first-order chi connectivity index (χ1) is 1.73. The van der Waals surface area contributed by atoms with Crippen LogP contribution in [0.5, 0.6) is 0 Å². The van der Waals surface area contributed by atoms with Gasteiger partial charge >= 0.3 is 17.1 Å². The van der Waals surface area contributed by atoms with Crippen molar-refractivity contribution in [3.63, 3.8) is 0 Å². The predicted molar refractivity (Wildman–Crippen MR) is 14.0 cm³/mol. The molecule has 0 aromatic carbocycles. The molecule has 0 amide bonds. The van der Waals surface area contributed by atoms with Gasteiger partial charge in [0.1, 0.15) is 0 Å². The molecule has 5 nitrogen and oxygen atoms in total. The summed E-state index contributed by atoms with van der Waals surface area (Å²) >= 11 is 0. The molecule has 0 unspecified atom stereocenters. The number of hydrogen-bond acceptors (Lipinski definition) is 3. The van der Waals surface area contributed by atoms with Gasteiger partial charge in [-0.1, -0.05) is 0 Å². The number of rotatable bonds is 0. The van der Waals surface area contributed by atoms with Crippen LogP contribution in [0.15, 0.2) is 0 Å². The van der Waals surface area contributed by atoms with Gasteiger partial charge in [0.05, 0.1) is 5.09 Å². The molecule has 2 N–H and O–H groups in total. The molecule has 0 aliphatic carbocycles. The summed E-state index contributed by atoms with van der Waals surface area (Å²) in [4.78, 5) is 8.25. The molecule has 0 heterocycles. The third-order valence-corrected chi connectivity index (χ3v) is 0. The van der Waals surface area contributed by atoms with Gasteiger partial charge in [-0.2, -0.15) is 0 Å². The second-order valence-electron chi connectivity index (χ2n) is 0.224. The van der Waals surface area contributed by atoms with Gasteiger partial charge < -0.3 is 20.8 Å². The Labute approximate surface area is 43.9 Å². The SMILES string of the molecule is O.O=[N+]([O-])[O-].[Mn+2]. The van der Waals surface area contributed by atoms with Gasteiger partial charge in [0, 0.05) is 0 Å². The van der Waals surface area contributed by atoms with Crippen molar-refractivity contribution in [2.45, 2.75) is 0 Å². The molecule has 0 spiro atoms. The summed E-state index contributed by atoms with van der Waals surface area (Å²) in [5, 5.41) is 14.8. The Hall–Kier alpha value is -0.321. The van der Waals surface area contributed by atoms with E-state index in [0.29, 0.717) is 0 Å². The molecule has 0 aromatic heterocycles. The van der Waals surface area contributed by atoms with Gasteiger partial charge in [-0.05, 0) is 0 Å². The van der Waals surface area contributed by atoms with Crippen LogP contribution in [-0.2, 0) is 17.1 Å². The van der Waals surface area contributed by atoms with E-state index < -0.39 is 5.09 Å². The third kappa shape index (κ3) is 257.